The topological polar surface area (TPSA) is 65.1 Å². The summed E-state index contributed by atoms with van der Waals surface area (Å²) in [5.41, 5.74) is 1.65. The molecule has 0 bridgehead atoms. The normalized spacial score (nSPS) is 15.3. The maximum absolute atomic E-state index is 12.8. The predicted octanol–water partition coefficient (Wildman–Crippen LogP) is 4.12. The number of carbonyl (C=O) groups excluding carboxylic acids is 2. The zero-order valence-corrected chi connectivity index (χ0v) is 18.5. The average molecular weight is 426 g/mol. The Morgan fingerprint density at radius 3 is 2.42 bits per heavy atom. The van der Waals surface area contributed by atoms with E-state index in [2.05, 4.69) is 24.3 Å². The Morgan fingerprint density at radius 1 is 1.06 bits per heavy atom. The second-order valence-corrected chi connectivity index (χ2v) is 7.80. The SMILES string of the molecule is CCOc1ccc(C(=O)O[C@H](C)C(=O)N2CCC(Cc3ccccc3)CC2)cc1OC. The molecule has 0 radical (unpaired) electrons. The Balaban J connectivity index is 1.52. The number of methoxy groups -OCH3 is 1. The molecule has 166 valence electrons. The van der Waals surface area contributed by atoms with E-state index in [4.69, 9.17) is 14.2 Å². The smallest absolute Gasteiger partial charge is 0.339 e. The van der Waals surface area contributed by atoms with E-state index in [1.54, 1.807) is 30.0 Å². The predicted molar refractivity (Wildman–Crippen MR) is 118 cm³/mol. The summed E-state index contributed by atoms with van der Waals surface area (Å²) in [5.74, 6) is 0.881. The summed E-state index contributed by atoms with van der Waals surface area (Å²) in [6, 6.07) is 15.3. The van der Waals surface area contributed by atoms with Gasteiger partial charge in [-0.05, 0) is 62.8 Å². The van der Waals surface area contributed by atoms with Gasteiger partial charge in [0.25, 0.3) is 5.91 Å². The van der Waals surface area contributed by atoms with Crippen LogP contribution in [0.15, 0.2) is 48.5 Å². The first-order valence-electron chi connectivity index (χ1n) is 10.9. The molecule has 1 amide bonds. The number of benzene rings is 2. The van der Waals surface area contributed by atoms with Gasteiger partial charge in [-0.3, -0.25) is 4.79 Å². The fraction of sp³-hybridized carbons (Fsp3) is 0.440. The van der Waals surface area contributed by atoms with Crippen LogP contribution in [0.2, 0.25) is 0 Å². The second kappa shape index (κ2) is 10.8. The lowest BCUT2D eigenvalue weighted by Gasteiger charge is -2.33. The molecule has 0 spiro atoms. The Morgan fingerprint density at radius 2 is 1.77 bits per heavy atom. The van der Waals surface area contributed by atoms with Crippen LogP contribution in [0.4, 0.5) is 0 Å². The molecule has 1 fully saturated rings. The summed E-state index contributed by atoms with van der Waals surface area (Å²) in [7, 11) is 1.51. The number of amides is 1. The van der Waals surface area contributed by atoms with Crippen molar-refractivity contribution < 1.29 is 23.8 Å². The van der Waals surface area contributed by atoms with Crippen LogP contribution < -0.4 is 9.47 Å². The number of hydrogen-bond acceptors (Lipinski definition) is 5. The van der Waals surface area contributed by atoms with Crippen molar-refractivity contribution in [3.05, 3.63) is 59.7 Å². The van der Waals surface area contributed by atoms with Crippen molar-refractivity contribution in [2.24, 2.45) is 5.92 Å². The third kappa shape index (κ3) is 6.00. The minimum atomic E-state index is -0.837. The first kappa shape index (κ1) is 22.7. The van der Waals surface area contributed by atoms with Crippen LogP contribution in [0.25, 0.3) is 0 Å². The summed E-state index contributed by atoms with van der Waals surface area (Å²) in [6.07, 6.45) is 2.11. The minimum absolute atomic E-state index is 0.149. The van der Waals surface area contributed by atoms with Crippen LogP contribution in [0, 0.1) is 5.92 Å². The average Bonchev–Trinajstić information content (AvgIpc) is 2.80. The fourth-order valence-electron chi connectivity index (χ4n) is 3.91. The molecule has 31 heavy (non-hydrogen) atoms. The number of hydrogen-bond donors (Lipinski definition) is 0. The molecule has 2 aromatic rings. The Kier molecular flexibility index (Phi) is 7.93. The highest BCUT2D eigenvalue weighted by Gasteiger charge is 2.28. The van der Waals surface area contributed by atoms with Crippen LogP contribution >= 0.6 is 0 Å². The van der Waals surface area contributed by atoms with Gasteiger partial charge in [-0.2, -0.15) is 0 Å². The molecule has 6 heteroatoms. The van der Waals surface area contributed by atoms with Crippen molar-refractivity contribution in [3.8, 4) is 11.5 Å². The Hall–Kier alpha value is -3.02. The highest BCUT2D eigenvalue weighted by molar-refractivity contribution is 5.92. The van der Waals surface area contributed by atoms with E-state index in [1.165, 1.54) is 12.7 Å². The lowest BCUT2D eigenvalue weighted by atomic mass is 9.90. The summed E-state index contributed by atoms with van der Waals surface area (Å²) >= 11 is 0. The summed E-state index contributed by atoms with van der Waals surface area (Å²) in [6.45, 7) is 5.37. The largest absolute Gasteiger partial charge is 0.493 e. The highest BCUT2D eigenvalue weighted by Crippen LogP contribution is 2.28. The molecule has 1 atom stereocenters. The van der Waals surface area contributed by atoms with Crippen LogP contribution in [0.1, 0.15) is 42.6 Å². The molecular weight excluding hydrogens is 394 g/mol. The fourth-order valence-corrected chi connectivity index (χ4v) is 3.91. The van der Waals surface area contributed by atoms with Gasteiger partial charge >= 0.3 is 5.97 Å². The number of likely N-dealkylation sites (tertiary alicyclic amines) is 1. The third-order valence-corrected chi connectivity index (χ3v) is 5.62. The standard InChI is InChI=1S/C25H31NO5/c1-4-30-22-11-10-21(17-23(22)29-3)25(28)31-18(2)24(27)26-14-12-20(13-15-26)16-19-8-6-5-7-9-19/h5-11,17-18,20H,4,12-16H2,1-3H3/t18-/m1/s1. The molecule has 2 aromatic carbocycles. The summed E-state index contributed by atoms with van der Waals surface area (Å²) in [4.78, 5) is 27.1. The Bertz CT molecular complexity index is 875. The van der Waals surface area contributed by atoms with Crippen molar-refractivity contribution in [1.82, 2.24) is 4.90 Å². The van der Waals surface area contributed by atoms with Gasteiger partial charge in [0.05, 0.1) is 19.3 Å². The maximum Gasteiger partial charge on any atom is 0.339 e. The van der Waals surface area contributed by atoms with Crippen LogP contribution in [0.3, 0.4) is 0 Å². The number of rotatable bonds is 8. The van der Waals surface area contributed by atoms with Gasteiger partial charge in [-0.1, -0.05) is 30.3 Å². The van der Waals surface area contributed by atoms with E-state index in [1.807, 2.05) is 13.0 Å². The van der Waals surface area contributed by atoms with E-state index in [-0.39, 0.29) is 5.91 Å². The molecule has 1 saturated heterocycles. The zero-order valence-electron chi connectivity index (χ0n) is 18.5. The van der Waals surface area contributed by atoms with Gasteiger partial charge in [-0.25, -0.2) is 4.79 Å². The molecular formula is C25H31NO5. The lowest BCUT2D eigenvalue weighted by molar-refractivity contribution is -0.141. The van der Waals surface area contributed by atoms with E-state index >= 15 is 0 Å². The molecule has 6 nitrogen and oxygen atoms in total. The molecule has 3 rings (SSSR count). The number of ether oxygens (including phenoxy) is 3. The van der Waals surface area contributed by atoms with Crippen LogP contribution in [-0.2, 0) is 16.0 Å². The molecule has 1 heterocycles. The van der Waals surface area contributed by atoms with Gasteiger partial charge in [-0.15, -0.1) is 0 Å². The van der Waals surface area contributed by atoms with E-state index in [9.17, 15) is 9.59 Å². The van der Waals surface area contributed by atoms with Crippen molar-refractivity contribution in [3.63, 3.8) is 0 Å². The number of nitrogens with zero attached hydrogens (tertiary/aromatic N) is 1. The zero-order chi connectivity index (χ0) is 22.2. The maximum atomic E-state index is 12.8. The molecule has 1 aliphatic heterocycles. The van der Waals surface area contributed by atoms with E-state index in [0.717, 1.165) is 19.3 Å². The highest BCUT2D eigenvalue weighted by atomic mass is 16.5. The van der Waals surface area contributed by atoms with E-state index < -0.39 is 12.1 Å². The van der Waals surface area contributed by atoms with Gasteiger partial charge in [0.15, 0.2) is 17.6 Å². The monoisotopic (exact) mass is 425 g/mol. The van der Waals surface area contributed by atoms with Crippen molar-refractivity contribution in [2.45, 2.75) is 39.2 Å². The van der Waals surface area contributed by atoms with Crippen molar-refractivity contribution in [1.29, 1.82) is 0 Å². The summed E-state index contributed by atoms with van der Waals surface area (Å²) in [5, 5.41) is 0. The van der Waals surface area contributed by atoms with Gasteiger partial charge in [0.1, 0.15) is 0 Å². The van der Waals surface area contributed by atoms with Crippen LogP contribution in [-0.4, -0.2) is 49.7 Å². The quantitative estimate of drug-likeness (QED) is 0.595. The Labute approximate surface area is 184 Å². The minimum Gasteiger partial charge on any atom is -0.493 e. The lowest BCUT2D eigenvalue weighted by Crippen LogP contribution is -2.44. The van der Waals surface area contributed by atoms with Crippen molar-refractivity contribution in [2.75, 3.05) is 26.8 Å². The van der Waals surface area contributed by atoms with Gasteiger partial charge in [0, 0.05) is 13.1 Å². The molecule has 0 aliphatic carbocycles. The van der Waals surface area contributed by atoms with Gasteiger partial charge in [0.2, 0.25) is 0 Å². The second-order valence-electron chi connectivity index (χ2n) is 7.80. The third-order valence-electron chi connectivity index (χ3n) is 5.62. The van der Waals surface area contributed by atoms with Crippen molar-refractivity contribution >= 4 is 11.9 Å². The first-order chi connectivity index (χ1) is 15.0. The molecule has 1 aliphatic rings. The number of carbonyl (C=O) groups is 2. The number of piperidine rings is 1. The molecule has 0 saturated carbocycles. The van der Waals surface area contributed by atoms with E-state index in [0.29, 0.717) is 42.7 Å². The molecule has 0 aromatic heterocycles. The van der Waals surface area contributed by atoms with Gasteiger partial charge < -0.3 is 19.1 Å². The van der Waals surface area contributed by atoms with Crippen LogP contribution in [0.5, 0.6) is 11.5 Å². The summed E-state index contributed by atoms with van der Waals surface area (Å²) < 4.78 is 16.2. The first-order valence-corrected chi connectivity index (χ1v) is 10.9. The number of esters is 1. The molecule has 0 unspecified atom stereocenters. The molecule has 0 N–H and O–H groups in total.